The first-order chi connectivity index (χ1) is 10.2. The van der Waals surface area contributed by atoms with Gasteiger partial charge in [-0.05, 0) is 19.1 Å². The summed E-state index contributed by atoms with van der Waals surface area (Å²) in [6.45, 7) is 4.96. The van der Waals surface area contributed by atoms with Crippen LogP contribution in [0, 0.1) is 0 Å². The average molecular weight is 302 g/mol. The predicted molar refractivity (Wildman–Crippen MR) is 86.0 cm³/mol. The predicted octanol–water partition coefficient (Wildman–Crippen LogP) is 2.09. The Morgan fingerprint density at radius 2 is 2.10 bits per heavy atom. The maximum absolute atomic E-state index is 12.7. The molecule has 2 heterocycles. The van der Waals surface area contributed by atoms with Gasteiger partial charge in [-0.15, -0.1) is 11.3 Å². The molecule has 5 nitrogen and oxygen atoms in total. The number of nitrogens with zero attached hydrogens (tertiary/aromatic N) is 3. The van der Waals surface area contributed by atoms with Crippen molar-refractivity contribution < 1.29 is 4.79 Å². The van der Waals surface area contributed by atoms with Gasteiger partial charge >= 0.3 is 0 Å². The molecule has 2 N–H and O–H groups in total. The fraction of sp³-hybridized carbons (Fsp3) is 0.333. The Bertz CT molecular complexity index is 655. The molecule has 1 aromatic heterocycles. The first-order valence-corrected chi connectivity index (χ1v) is 7.93. The van der Waals surface area contributed by atoms with Crippen LogP contribution in [-0.4, -0.2) is 30.5 Å². The van der Waals surface area contributed by atoms with Crippen LogP contribution in [-0.2, 0) is 6.54 Å². The number of likely N-dealkylation sites (N-methyl/N-ethyl adjacent to an activating group) is 1. The van der Waals surface area contributed by atoms with Crippen molar-refractivity contribution in [3.63, 3.8) is 0 Å². The molecule has 0 saturated carbocycles. The molecule has 0 saturated heterocycles. The van der Waals surface area contributed by atoms with E-state index in [1.54, 1.807) is 5.38 Å². The van der Waals surface area contributed by atoms with Crippen LogP contribution >= 0.6 is 11.3 Å². The summed E-state index contributed by atoms with van der Waals surface area (Å²) in [6.07, 6.45) is 0. The number of carbonyl (C=O) groups is 1. The molecule has 3 rings (SSSR count). The van der Waals surface area contributed by atoms with E-state index >= 15 is 0 Å². The number of hydrogen-bond acceptors (Lipinski definition) is 5. The standard InChI is InChI=1S/C15H18N4OS/c1-2-18-7-8-19(13-6-4-3-5-12(13)18)15(20)11-10-21-14(9-16)17-11/h3-6,10H,2,7-9,16H2,1H3. The van der Waals surface area contributed by atoms with Crippen molar-refractivity contribution in [1.29, 1.82) is 0 Å². The number of nitrogens with two attached hydrogens (primary N) is 1. The zero-order valence-corrected chi connectivity index (χ0v) is 12.8. The summed E-state index contributed by atoms with van der Waals surface area (Å²) in [5, 5.41) is 2.58. The lowest BCUT2D eigenvalue weighted by Crippen LogP contribution is -2.44. The highest BCUT2D eigenvalue weighted by Crippen LogP contribution is 2.33. The highest BCUT2D eigenvalue weighted by molar-refractivity contribution is 7.09. The third kappa shape index (κ3) is 2.52. The SMILES string of the molecule is CCN1CCN(C(=O)c2csc(CN)n2)c2ccccc21. The van der Waals surface area contributed by atoms with Crippen molar-refractivity contribution in [3.05, 3.63) is 40.3 Å². The van der Waals surface area contributed by atoms with E-state index in [2.05, 4.69) is 22.9 Å². The highest BCUT2D eigenvalue weighted by atomic mass is 32.1. The number of carbonyl (C=O) groups excluding carboxylic acids is 1. The molecule has 1 amide bonds. The smallest absolute Gasteiger partial charge is 0.277 e. The number of aromatic nitrogens is 1. The second-order valence-electron chi connectivity index (χ2n) is 4.86. The van der Waals surface area contributed by atoms with Gasteiger partial charge in [0.25, 0.3) is 5.91 Å². The van der Waals surface area contributed by atoms with Crippen LogP contribution in [0.1, 0.15) is 22.4 Å². The van der Waals surface area contributed by atoms with Crippen LogP contribution in [0.2, 0.25) is 0 Å². The quantitative estimate of drug-likeness (QED) is 0.943. The lowest BCUT2D eigenvalue weighted by atomic mass is 10.1. The average Bonchev–Trinajstić information content (AvgIpc) is 3.02. The molecule has 6 heteroatoms. The van der Waals surface area contributed by atoms with E-state index in [1.807, 2.05) is 23.1 Å². The van der Waals surface area contributed by atoms with Gasteiger partial charge in [0.15, 0.2) is 0 Å². The normalized spacial score (nSPS) is 14.2. The first kappa shape index (κ1) is 14.0. The van der Waals surface area contributed by atoms with Crippen molar-refractivity contribution in [2.24, 2.45) is 5.73 Å². The first-order valence-electron chi connectivity index (χ1n) is 7.05. The number of benzene rings is 1. The van der Waals surface area contributed by atoms with E-state index in [-0.39, 0.29) is 5.91 Å². The van der Waals surface area contributed by atoms with E-state index < -0.39 is 0 Å². The monoisotopic (exact) mass is 302 g/mol. The van der Waals surface area contributed by atoms with E-state index in [4.69, 9.17) is 5.73 Å². The van der Waals surface area contributed by atoms with Gasteiger partial charge in [0.1, 0.15) is 10.7 Å². The van der Waals surface area contributed by atoms with Gasteiger partial charge in [-0.25, -0.2) is 4.98 Å². The molecule has 1 aliphatic rings. The molecule has 0 aliphatic carbocycles. The van der Waals surface area contributed by atoms with Crippen LogP contribution in [0.3, 0.4) is 0 Å². The summed E-state index contributed by atoms with van der Waals surface area (Å²) >= 11 is 1.43. The number of fused-ring (bicyclic) bond motifs is 1. The summed E-state index contributed by atoms with van der Waals surface area (Å²) in [4.78, 5) is 21.1. The molecule has 0 bridgehead atoms. The largest absolute Gasteiger partial charge is 0.368 e. The van der Waals surface area contributed by atoms with Crippen molar-refractivity contribution in [2.45, 2.75) is 13.5 Å². The Labute approximate surface area is 128 Å². The van der Waals surface area contributed by atoms with Crippen LogP contribution in [0.4, 0.5) is 11.4 Å². The second-order valence-corrected chi connectivity index (χ2v) is 5.80. The minimum atomic E-state index is -0.0471. The van der Waals surface area contributed by atoms with Gasteiger partial charge in [0.05, 0.1) is 11.4 Å². The molecular formula is C15H18N4OS. The molecule has 21 heavy (non-hydrogen) atoms. The number of hydrogen-bond donors (Lipinski definition) is 1. The summed E-state index contributed by atoms with van der Waals surface area (Å²) in [7, 11) is 0. The lowest BCUT2D eigenvalue weighted by molar-refractivity contribution is 0.0982. The molecule has 0 atom stereocenters. The minimum absolute atomic E-state index is 0.0471. The topological polar surface area (TPSA) is 62.5 Å². The third-order valence-electron chi connectivity index (χ3n) is 3.68. The lowest BCUT2D eigenvalue weighted by Gasteiger charge is -2.36. The van der Waals surface area contributed by atoms with Gasteiger partial charge in [0, 0.05) is 31.6 Å². The Morgan fingerprint density at radius 1 is 1.33 bits per heavy atom. The molecule has 0 fully saturated rings. The third-order valence-corrected chi connectivity index (χ3v) is 4.55. The van der Waals surface area contributed by atoms with Gasteiger partial charge < -0.3 is 15.5 Å². The number of thiazole rings is 1. The summed E-state index contributed by atoms with van der Waals surface area (Å²) in [6, 6.07) is 8.02. The van der Waals surface area contributed by atoms with Crippen LogP contribution in [0.15, 0.2) is 29.6 Å². The Hall–Kier alpha value is -1.92. The molecule has 1 aromatic carbocycles. The number of amides is 1. The van der Waals surface area contributed by atoms with Crippen molar-refractivity contribution in [1.82, 2.24) is 4.98 Å². The highest BCUT2D eigenvalue weighted by Gasteiger charge is 2.27. The fourth-order valence-electron chi connectivity index (χ4n) is 2.60. The van der Waals surface area contributed by atoms with E-state index in [9.17, 15) is 4.79 Å². The van der Waals surface area contributed by atoms with E-state index in [0.29, 0.717) is 18.8 Å². The molecule has 0 unspecified atom stereocenters. The zero-order chi connectivity index (χ0) is 14.8. The van der Waals surface area contributed by atoms with Crippen molar-refractivity contribution in [2.75, 3.05) is 29.4 Å². The van der Waals surface area contributed by atoms with Gasteiger partial charge in [-0.2, -0.15) is 0 Å². The van der Waals surface area contributed by atoms with Crippen LogP contribution in [0.5, 0.6) is 0 Å². The summed E-state index contributed by atoms with van der Waals surface area (Å²) in [5.74, 6) is -0.0471. The van der Waals surface area contributed by atoms with Crippen molar-refractivity contribution >= 4 is 28.6 Å². The van der Waals surface area contributed by atoms with Crippen LogP contribution in [0.25, 0.3) is 0 Å². The molecule has 0 radical (unpaired) electrons. The maximum Gasteiger partial charge on any atom is 0.277 e. The number of anilines is 2. The maximum atomic E-state index is 12.7. The Kier molecular flexibility index (Phi) is 3.90. The zero-order valence-electron chi connectivity index (χ0n) is 12.0. The molecule has 110 valence electrons. The van der Waals surface area contributed by atoms with Gasteiger partial charge in [0.2, 0.25) is 0 Å². The molecule has 0 spiro atoms. The Morgan fingerprint density at radius 3 is 2.76 bits per heavy atom. The van der Waals surface area contributed by atoms with E-state index in [0.717, 1.165) is 29.5 Å². The van der Waals surface area contributed by atoms with Gasteiger partial charge in [-0.1, -0.05) is 12.1 Å². The molecule has 1 aliphatic heterocycles. The number of rotatable bonds is 3. The summed E-state index contributed by atoms with van der Waals surface area (Å²) in [5.41, 5.74) is 8.12. The Balaban J connectivity index is 1.94. The van der Waals surface area contributed by atoms with Crippen LogP contribution < -0.4 is 15.5 Å². The van der Waals surface area contributed by atoms with Gasteiger partial charge in [-0.3, -0.25) is 4.79 Å². The molecule has 2 aromatic rings. The summed E-state index contributed by atoms with van der Waals surface area (Å²) < 4.78 is 0. The second kappa shape index (κ2) is 5.83. The van der Waals surface area contributed by atoms with E-state index in [1.165, 1.54) is 11.3 Å². The number of para-hydroxylation sites is 2. The molecular weight excluding hydrogens is 284 g/mol. The minimum Gasteiger partial charge on any atom is -0.368 e. The van der Waals surface area contributed by atoms with Crippen molar-refractivity contribution in [3.8, 4) is 0 Å². The fourth-order valence-corrected chi connectivity index (χ4v) is 3.25.